The van der Waals surface area contributed by atoms with Gasteiger partial charge in [0.2, 0.25) is 0 Å². The van der Waals surface area contributed by atoms with Gasteiger partial charge in [-0.15, -0.1) is 0 Å². The van der Waals surface area contributed by atoms with Crippen molar-refractivity contribution in [2.45, 2.75) is 18.8 Å². The molecule has 0 radical (unpaired) electrons. The molecule has 1 saturated heterocycles. The summed E-state index contributed by atoms with van der Waals surface area (Å²) in [5.74, 6) is 0.745. The molecular formula is C25H23FN4O2. The monoisotopic (exact) mass is 430 g/mol. The number of benzene rings is 2. The quantitative estimate of drug-likeness (QED) is 0.476. The number of amides is 1. The molecule has 1 atom stereocenters. The van der Waals surface area contributed by atoms with Crippen LogP contribution in [0, 0.1) is 5.82 Å². The Balaban J connectivity index is 1.39. The lowest BCUT2D eigenvalue weighted by Crippen LogP contribution is -2.39. The lowest BCUT2D eigenvalue weighted by molar-refractivity contribution is 0.0700. The van der Waals surface area contributed by atoms with E-state index in [-0.39, 0.29) is 17.4 Å². The second-order valence-electron chi connectivity index (χ2n) is 7.99. The fourth-order valence-electron chi connectivity index (χ4n) is 4.22. The van der Waals surface area contributed by atoms with Gasteiger partial charge in [0.15, 0.2) is 11.5 Å². The highest BCUT2D eigenvalue weighted by Crippen LogP contribution is 2.28. The second-order valence-corrected chi connectivity index (χ2v) is 7.99. The van der Waals surface area contributed by atoms with Gasteiger partial charge in [0, 0.05) is 30.8 Å². The average molecular weight is 430 g/mol. The summed E-state index contributed by atoms with van der Waals surface area (Å²) in [6, 6.07) is 17.9. The van der Waals surface area contributed by atoms with Crippen LogP contribution in [0.4, 0.5) is 4.39 Å². The maximum absolute atomic E-state index is 14.1. The molecule has 2 aromatic carbocycles. The Labute approximate surface area is 185 Å². The molecule has 1 unspecified atom stereocenters. The van der Waals surface area contributed by atoms with Gasteiger partial charge < -0.3 is 9.64 Å². The van der Waals surface area contributed by atoms with E-state index in [4.69, 9.17) is 14.8 Å². The van der Waals surface area contributed by atoms with E-state index in [1.807, 2.05) is 42.6 Å². The molecular weight excluding hydrogens is 407 g/mol. The zero-order valence-corrected chi connectivity index (χ0v) is 17.7. The largest absolute Gasteiger partial charge is 0.497 e. The third-order valence-corrected chi connectivity index (χ3v) is 5.93. The highest BCUT2D eigenvalue weighted by atomic mass is 19.1. The van der Waals surface area contributed by atoms with Crippen molar-refractivity contribution in [2.24, 2.45) is 0 Å². The minimum atomic E-state index is -0.490. The summed E-state index contributed by atoms with van der Waals surface area (Å²) in [5, 5.41) is 4.71. The van der Waals surface area contributed by atoms with E-state index < -0.39 is 5.82 Å². The number of piperidine rings is 1. The molecule has 0 N–H and O–H groups in total. The zero-order chi connectivity index (χ0) is 22.1. The van der Waals surface area contributed by atoms with Crippen LogP contribution < -0.4 is 4.74 Å². The molecule has 4 aromatic rings. The summed E-state index contributed by atoms with van der Waals surface area (Å²) in [6.07, 6.45) is 3.67. The molecule has 0 bridgehead atoms. The minimum Gasteiger partial charge on any atom is -0.497 e. The molecule has 1 fully saturated rings. The van der Waals surface area contributed by atoms with Crippen LogP contribution in [0.2, 0.25) is 0 Å². The third-order valence-electron chi connectivity index (χ3n) is 5.93. The molecule has 1 aliphatic heterocycles. The van der Waals surface area contributed by atoms with Gasteiger partial charge in [0.1, 0.15) is 11.6 Å². The number of fused-ring (bicyclic) bond motifs is 1. The topological polar surface area (TPSA) is 59.7 Å². The smallest absolute Gasteiger partial charge is 0.256 e. The Hall–Kier alpha value is -3.74. The maximum Gasteiger partial charge on any atom is 0.256 e. The van der Waals surface area contributed by atoms with E-state index >= 15 is 0 Å². The molecule has 32 heavy (non-hydrogen) atoms. The summed E-state index contributed by atoms with van der Waals surface area (Å²) in [5.41, 5.74) is 2.90. The van der Waals surface area contributed by atoms with Crippen molar-refractivity contribution in [3.05, 3.63) is 84.1 Å². The van der Waals surface area contributed by atoms with Crippen LogP contribution >= 0.6 is 0 Å². The van der Waals surface area contributed by atoms with Crippen LogP contribution in [-0.4, -0.2) is 45.6 Å². The summed E-state index contributed by atoms with van der Waals surface area (Å²) in [4.78, 5) is 19.3. The fourth-order valence-corrected chi connectivity index (χ4v) is 4.22. The second kappa shape index (κ2) is 8.42. The lowest BCUT2D eigenvalue weighted by atomic mass is 9.96. The molecule has 2 aromatic heterocycles. The van der Waals surface area contributed by atoms with E-state index in [2.05, 4.69) is 0 Å². The van der Waals surface area contributed by atoms with Gasteiger partial charge in [-0.3, -0.25) is 4.79 Å². The number of rotatable bonds is 4. The first-order valence-electron chi connectivity index (χ1n) is 10.7. The predicted molar refractivity (Wildman–Crippen MR) is 119 cm³/mol. The standard InChI is InChI=1S/C25H23FN4O2/c1-32-20-8-4-6-17(14-20)18-11-12-23-27-24(28-30(23)16-18)19-7-5-13-29(15-19)25(31)21-9-2-3-10-22(21)26/h2-4,6,8-12,14,16,19H,5,7,13,15H2,1H3. The zero-order valence-electron chi connectivity index (χ0n) is 17.7. The molecule has 1 aliphatic rings. The average Bonchev–Trinajstić information content (AvgIpc) is 3.28. The van der Waals surface area contributed by atoms with Gasteiger partial charge in [-0.1, -0.05) is 24.3 Å². The molecule has 1 amide bonds. The van der Waals surface area contributed by atoms with Crippen molar-refractivity contribution >= 4 is 11.6 Å². The van der Waals surface area contributed by atoms with Crippen LogP contribution in [0.1, 0.15) is 34.9 Å². The van der Waals surface area contributed by atoms with Gasteiger partial charge in [-0.2, -0.15) is 5.10 Å². The highest BCUT2D eigenvalue weighted by Gasteiger charge is 2.29. The minimum absolute atomic E-state index is 0.0136. The highest BCUT2D eigenvalue weighted by molar-refractivity contribution is 5.94. The molecule has 7 heteroatoms. The van der Waals surface area contributed by atoms with Gasteiger partial charge in [0.25, 0.3) is 5.91 Å². The first kappa shape index (κ1) is 20.2. The Bertz CT molecular complexity index is 1290. The first-order chi connectivity index (χ1) is 15.6. The number of aromatic nitrogens is 3. The molecule has 162 valence electrons. The van der Waals surface area contributed by atoms with Crippen molar-refractivity contribution < 1.29 is 13.9 Å². The number of ether oxygens (including phenoxy) is 1. The number of carbonyl (C=O) groups excluding carboxylic acids is 1. The SMILES string of the molecule is COc1cccc(-c2ccc3nc(C4CCCN(C(=O)c5ccccc5F)C4)nn3c2)c1. The molecule has 0 spiro atoms. The van der Waals surface area contributed by atoms with Crippen molar-refractivity contribution in [3.8, 4) is 16.9 Å². The number of pyridine rings is 1. The number of hydrogen-bond donors (Lipinski definition) is 0. The van der Waals surface area contributed by atoms with Gasteiger partial charge in [-0.25, -0.2) is 13.9 Å². The van der Waals surface area contributed by atoms with E-state index in [1.54, 1.807) is 28.7 Å². The van der Waals surface area contributed by atoms with Crippen LogP contribution in [-0.2, 0) is 0 Å². The van der Waals surface area contributed by atoms with E-state index in [1.165, 1.54) is 12.1 Å². The van der Waals surface area contributed by atoms with Crippen molar-refractivity contribution in [2.75, 3.05) is 20.2 Å². The number of carbonyl (C=O) groups is 1. The first-order valence-corrected chi connectivity index (χ1v) is 10.7. The number of hydrogen-bond acceptors (Lipinski definition) is 4. The summed E-state index contributed by atoms with van der Waals surface area (Å²) in [7, 11) is 1.65. The summed E-state index contributed by atoms with van der Waals surface area (Å²) in [6.45, 7) is 1.09. The van der Waals surface area contributed by atoms with Gasteiger partial charge in [0.05, 0.1) is 12.7 Å². The van der Waals surface area contributed by atoms with Crippen LogP contribution in [0.5, 0.6) is 5.75 Å². The Morgan fingerprint density at radius 1 is 1.09 bits per heavy atom. The van der Waals surface area contributed by atoms with Crippen LogP contribution in [0.15, 0.2) is 66.9 Å². The predicted octanol–water partition coefficient (Wildman–Crippen LogP) is 4.56. The molecule has 0 aliphatic carbocycles. The Kier molecular flexibility index (Phi) is 5.31. The van der Waals surface area contributed by atoms with Crippen LogP contribution in [0.25, 0.3) is 16.8 Å². The van der Waals surface area contributed by atoms with Gasteiger partial charge >= 0.3 is 0 Å². The van der Waals surface area contributed by atoms with Gasteiger partial charge in [-0.05, 0) is 54.8 Å². The number of nitrogens with zero attached hydrogens (tertiary/aromatic N) is 4. The van der Waals surface area contributed by atoms with Crippen molar-refractivity contribution in [3.63, 3.8) is 0 Å². The maximum atomic E-state index is 14.1. The number of halogens is 1. The number of likely N-dealkylation sites (tertiary alicyclic amines) is 1. The lowest BCUT2D eigenvalue weighted by Gasteiger charge is -2.31. The van der Waals surface area contributed by atoms with Crippen molar-refractivity contribution in [1.29, 1.82) is 0 Å². The molecule has 0 saturated carbocycles. The molecule has 6 nitrogen and oxygen atoms in total. The summed E-state index contributed by atoms with van der Waals surface area (Å²) >= 11 is 0. The normalized spacial score (nSPS) is 16.3. The Morgan fingerprint density at radius 3 is 2.81 bits per heavy atom. The number of methoxy groups -OCH3 is 1. The Morgan fingerprint density at radius 2 is 1.97 bits per heavy atom. The molecule has 3 heterocycles. The van der Waals surface area contributed by atoms with E-state index in [0.29, 0.717) is 18.9 Å². The van der Waals surface area contributed by atoms with E-state index in [9.17, 15) is 9.18 Å². The van der Waals surface area contributed by atoms with Crippen molar-refractivity contribution in [1.82, 2.24) is 19.5 Å². The van der Waals surface area contributed by atoms with E-state index in [0.717, 1.165) is 35.4 Å². The molecule has 5 rings (SSSR count). The fraction of sp³-hybridized carbons (Fsp3) is 0.240. The third kappa shape index (κ3) is 3.82. The van der Waals surface area contributed by atoms with Crippen LogP contribution in [0.3, 0.4) is 0 Å². The summed E-state index contributed by atoms with van der Waals surface area (Å²) < 4.78 is 21.2.